The van der Waals surface area contributed by atoms with Gasteiger partial charge in [0.1, 0.15) is 6.33 Å². The number of benzene rings is 2. The molecule has 0 bridgehead atoms. The highest BCUT2D eigenvalue weighted by atomic mass is 19.4. The highest BCUT2D eigenvalue weighted by molar-refractivity contribution is 6.04. The molecule has 3 rings (SSSR count). The Morgan fingerprint density at radius 1 is 1.15 bits per heavy atom. The number of anilines is 1. The topological polar surface area (TPSA) is 59.8 Å². The lowest BCUT2D eigenvalue weighted by molar-refractivity contribution is -0.137. The van der Waals surface area contributed by atoms with Crippen molar-refractivity contribution in [3.63, 3.8) is 0 Å². The molecule has 5 nitrogen and oxygen atoms in total. The minimum atomic E-state index is -4.40. The van der Waals surface area contributed by atoms with Gasteiger partial charge in [-0.25, -0.2) is 9.67 Å². The molecule has 2 aromatic carbocycles. The van der Waals surface area contributed by atoms with Crippen molar-refractivity contribution in [2.45, 2.75) is 19.6 Å². The molecule has 0 saturated carbocycles. The van der Waals surface area contributed by atoms with Gasteiger partial charge in [-0.2, -0.15) is 13.2 Å². The molecule has 26 heavy (non-hydrogen) atoms. The van der Waals surface area contributed by atoms with E-state index in [0.717, 1.165) is 17.7 Å². The number of hydrogen-bond donors (Lipinski definition) is 1. The molecule has 1 aromatic heterocycles. The van der Waals surface area contributed by atoms with Crippen LogP contribution in [0.1, 0.15) is 27.0 Å². The van der Waals surface area contributed by atoms with E-state index in [0.29, 0.717) is 11.1 Å². The first-order valence-corrected chi connectivity index (χ1v) is 7.75. The van der Waals surface area contributed by atoms with Gasteiger partial charge in [0, 0.05) is 5.56 Å². The van der Waals surface area contributed by atoms with Gasteiger partial charge in [-0.3, -0.25) is 10.1 Å². The van der Waals surface area contributed by atoms with Crippen LogP contribution in [0.2, 0.25) is 0 Å². The van der Waals surface area contributed by atoms with Crippen molar-refractivity contribution in [2.24, 2.45) is 0 Å². The minimum Gasteiger partial charge on any atom is -0.289 e. The molecule has 134 valence electrons. The van der Waals surface area contributed by atoms with E-state index in [1.807, 2.05) is 19.1 Å². The van der Waals surface area contributed by atoms with Crippen molar-refractivity contribution in [1.82, 2.24) is 14.8 Å². The normalized spacial score (nSPS) is 11.4. The average molecular weight is 360 g/mol. The van der Waals surface area contributed by atoms with Gasteiger partial charge in [0.2, 0.25) is 5.95 Å². The summed E-state index contributed by atoms with van der Waals surface area (Å²) in [7, 11) is 0. The molecule has 1 heterocycles. The monoisotopic (exact) mass is 360 g/mol. The van der Waals surface area contributed by atoms with Crippen molar-refractivity contribution >= 4 is 11.9 Å². The van der Waals surface area contributed by atoms with Gasteiger partial charge in [-0.05, 0) is 36.2 Å². The summed E-state index contributed by atoms with van der Waals surface area (Å²) in [6.07, 6.45) is -3.04. The maximum absolute atomic E-state index is 12.8. The fraction of sp³-hybridized carbons (Fsp3) is 0.167. The Morgan fingerprint density at radius 2 is 1.92 bits per heavy atom. The first-order valence-electron chi connectivity index (χ1n) is 7.75. The Balaban J connectivity index is 1.71. The molecule has 0 saturated heterocycles. The number of aryl methyl sites for hydroxylation is 1. The highest BCUT2D eigenvalue weighted by Crippen LogP contribution is 2.29. The molecule has 0 fully saturated rings. The Hall–Kier alpha value is -3.16. The van der Waals surface area contributed by atoms with E-state index in [4.69, 9.17) is 0 Å². The number of hydrogen-bond acceptors (Lipinski definition) is 3. The molecule has 0 atom stereocenters. The quantitative estimate of drug-likeness (QED) is 0.768. The lowest BCUT2D eigenvalue weighted by Gasteiger charge is -2.08. The third kappa shape index (κ3) is 4.08. The first kappa shape index (κ1) is 17.7. The lowest BCUT2D eigenvalue weighted by atomic mass is 10.1. The summed E-state index contributed by atoms with van der Waals surface area (Å²) in [5.41, 5.74) is 1.03. The van der Waals surface area contributed by atoms with Crippen molar-refractivity contribution in [3.8, 4) is 0 Å². The van der Waals surface area contributed by atoms with Gasteiger partial charge in [-0.1, -0.05) is 30.3 Å². The Labute approximate surface area is 147 Å². The number of nitrogens with zero attached hydrogens (tertiary/aromatic N) is 3. The standard InChI is InChI=1S/C18H15F3N4O/c1-12-5-2-3-8-15(12)16(26)23-17-22-11-25(24-17)10-13-6-4-7-14(9-13)18(19,20)21/h2-9,11H,10H2,1H3,(H,23,24,26). The van der Waals surface area contributed by atoms with Crippen LogP contribution in [0.25, 0.3) is 0 Å². The second-order valence-electron chi connectivity index (χ2n) is 5.73. The molecule has 0 spiro atoms. The van der Waals surface area contributed by atoms with Crippen LogP contribution in [-0.2, 0) is 12.7 Å². The summed E-state index contributed by atoms with van der Waals surface area (Å²) in [5.74, 6) is -0.259. The predicted molar refractivity (Wildman–Crippen MR) is 89.7 cm³/mol. The Kier molecular flexibility index (Phi) is 4.75. The Bertz CT molecular complexity index is 934. The molecule has 1 amide bonds. The maximum atomic E-state index is 12.8. The molecule has 0 aliphatic heterocycles. The Morgan fingerprint density at radius 3 is 2.65 bits per heavy atom. The highest BCUT2D eigenvalue weighted by Gasteiger charge is 2.30. The zero-order valence-corrected chi connectivity index (χ0v) is 13.8. The molecule has 3 aromatic rings. The van der Waals surface area contributed by atoms with E-state index in [1.54, 1.807) is 18.2 Å². The van der Waals surface area contributed by atoms with E-state index in [9.17, 15) is 18.0 Å². The van der Waals surface area contributed by atoms with Gasteiger partial charge in [0.25, 0.3) is 5.91 Å². The second-order valence-corrected chi connectivity index (χ2v) is 5.73. The second kappa shape index (κ2) is 6.99. The number of nitrogens with one attached hydrogen (secondary N) is 1. The van der Waals surface area contributed by atoms with Crippen LogP contribution in [0.5, 0.6) is 0 Å². The summed E-state index contributed by atoms with van der Waals surface area (Å²) in [6.45, 7) is 1.92. The summed E-state index contributed by atoms with van der Waals surface area (Å²) in [5, 5.41) is 6.66. The molecular weight excluding hydrogens is 345 g/mol. The van der Waals surface area contributed by atoms with Crippen molar-refractivity contribution in [2.75, 3.05) is 5.32 Å². The number of alkyl halides is 3. The zero-order chi connectivity index (χ0) is 18.7. The molecule has 0 aliphatic carbocycles. The summed E-state index contributed by atoms with van der Waals surface area (Å²) in [4.78, 5) is 16.2. The van der Waals surface area contributed by atoms with Crippen LogP contribution in [0, 0.1) is 6.92 Å². The van der Waals surface area contributed by atoms with Crippen LogP contribution in [-0.4, -0.2) is 20.7 Å². The van der Waals surface area contributed by atoms with E-state index < -0.39 is 11.7 Å². The summed E-state index contributed by atoms with van der Waals surface area (Å²) < 4.78 is 39.7. The van der Waals surface area contributed by atoms with Gasteiger partial charge in [-0.15, -0.1) is 5.10 Å². The fourth-order valence-corrected chi connectivity index (χ4v) is 2.46. The third-order valence-electron chi connectivity index (χ3n) is 3.75. The maximum Gasteiger partial charge on any atom is 0.416 e. The number of carbonyl (C=O) groups is 1. The van der Waals surface area contributed by atoms with Crippen molar-refractivity contribution < 1.29 is 18.0 Å². The predicted octanol–water partition coefficient (Wildman–Crippen LogP) is 3.91. The number of carbonyl (C=O) groups excluding carboxylic acids is 1. The van der Waals surface area contributed by atoms with Crippen LogP contribution in [0.3, 0.4) is 0 Å². The zero-order valence-electron chi connectivity index (χ0n) is 13.8. The average Bonchev–Trinajstić information content (AvgIpc) is 3.01. The number of halogens is 3. The fourth-order valence-electron chi connectivity index (χ4n) is 2.46. The molecule has 0 unspecified atom stereocenters. The van der Waals surface area contributed by atoms with Gasteiger partial charge < -0.3 is 0 Å². The SMILES string of the molecule is Cc1ccccc1C(=O)Nc1ncn(Cc2cccc(C(F)(F)F)c2)n1. The number of amides is 1. The van der Waals surface area contributed by atoms with Crippen LogP contribution in [0.15, 0.2) is 54.9 Å². The van der Waals surface area contributed by atoms with E-state index in [1.165, 1.54) is 17.1 Å². The molecule has 0 radical (unpaired) electrons. The van der Waals surface area contributed by atoms with E-state index >= 15 is 0 Å². The largest absolute Gasteiger partial charge is 0.416 e. The minimum absolute atomic E-state index is 0.0882. The molecular formula is C18H15F3N4O. The van der Waals surface area contributed by atoms with Crippen LogP contribution >= 0.6 is 0 Å². The number of rotatable bonds is 4. The summed E-state index contributed by atoms with van der Waals surface area (Å²) >= 11 is 0. The van der Waals surface area contributed by atoms with Gasteiger partial charge >= 0.3 is 6.18 Å². The first-order chi connectivity index (χ1) is 12.3. The smallest absolute Gasteiger partial charge is 0.289 e. The van der Waals surface area contributed by atoms with Crippen LogP contribution < -0.4 is 5.32 Å². The van der Waals surface area contributed by atoms with Crippen LogP contribution in [0.4, 0.5) is 19.1 Å². The van der Waals surface area contributed by atoms with Crippen molar-refractivity contribution in [3.05, 3.63) is 77.1 Å². The number of aromatic nitrogens is 3. The van der Waals surface area contributed by atoms with E-state index in [-0.39, 0.29) is 18.4 Å². The van der Waals surface area contributed by atoms with Crippen molar-refractivity contribution in [1.29, 1.82) is 0 Å². The van der Waals surface area contributed by atoms with Gasteiger partial charge in [0.15, 0.2) is 0 Å². The summed E-state index contributed by atoms with van der Waals surface area (Å²) in [6, 6.07) is 12.1. The third-order valence-corrected chi connectivity index (χ3v) is 3.75. The molecule has 1 N–H and O–H groups in total. The van der Waals surface area contributed by atoms with E-state index in [2.05, 4.69) is 15.4 Å². The lowest BCUT2D eigenvalue weighted by Crippen LogP contribution is -2.14. The molecule has 0 aliphatic rings. The van der Waals surface area contributed by atoms with Gasteiger partial charge in [0.05, 0.1) is 12.1 Å². The molecule has 8 heteroatoms.